The van der Waals surface area contributed by atoms with E-state index in [0.717, 1.165) is 13.9 Å². The maximum Gasteiger partial charge on any atom is 0.278 e. The largest absolute Gasteiger partial charge is 0.278 e. The molecule has 1 aromatic carbocycles. The summed E-state index contributed by atoms with van der Waals surface area (Å²) in [5.41, 5.74) is -0.208. The number of carbonyl (C=O) groups is 1. The van der Waals surface area contributed by atoms with E-state index in [4.69, 9.17) is 0 Å². The lowest BCUT2D eigenvalue weighted by Crippen LogP contribution is -2.36. The van der Waals surface area contributed by atoms with Gasteiger partial charge in [0.2, 0.25) is 0 Å². The Morgan fingerprint density at radius 3 is 2.68 bits per heavy atom. The van der Waals surface area contributed by atoms with Gasteiger partial charge in [0.1, 0.15) is 4.90 Å². The van der Waals surface area contributed by atoms with Crippen LogP contribution in [0.1, 0.15) is 15.2 Å². The molecule has 2 aromatic heterocycles. The van der Waals surface area contributed by atoms with E-state index in [1.54, 1.807) is 18.2 Å². The molecule has 10 heteroatoms. The van der Waals surface area contributed by atoms with E-state index < -0.39 is 15.9 Å². The smallest absolute Gasteiger partial charge is 0.268 e. The van der Waals surface area contributed by atoms with Crippen molar-refractivity contribution >= 4 is 37.5 Å². The minimum absolute atomic E-state index is 0.0117. The fourth-order valence-corrected chi connectivity index (χ4v) is 5.16. The second kappa shape index (κ2) is 5.46. The highest BCUT2D eigenvalue weighted by Crippen LogP contribution is 2.29. The lowest BCUT2D eigenvalue weighted by molar-refractivity contribution is 0.0866. The van der Waals surface area contributed by atoms with Gasteiger partial charge in [-0.25, -0.2) is 17.4 Å². The Labute approximate surface area is 146 Å². The summed E-state index contributed by atoms with van der Waals surface area (Å²) in [5.74, 6) is -0.593. The molecule has 0 bridgehead atoms. The van der Waals surface area contributed by atoms with Crippen LogP contribution in [0.15, 0.2) is 40.0 Å². The molecule has 4 rings (SSSR count). The zero-order valence-electron chi connectivity index (χ0n) is 13.0. The third kappa shape index (κ3) is 2.36. The summed E-state index contributed by atoms with van der Waals surface area (Å²) in [5, 5.41) is 8.26. The van der Waals surface area contributed by atoms with Gasteiger partial charge in [-0.05, 0) is 25.1 Å². The number of nitrogens with zero attached hydrogens (tertiary/aromatic N) is 4. The molecule has 0 N–H and O–H groups in total. The van der Waals surface area contributed by atoms with Gasteiger partial charge in [-0.3, -0.25) is 9.59 Å². The fraction of sp³-hybridized carbons (Fsp3) is 0.200. The highest BCUT2D eigenvalue weighted by molar-refractivity contribution is 7.90. The average Bonchev–Trinajstić information content (AvgIpc) is 3.05. The molecular formula is C15H12N4O4S2. The lowest BCUT2D eigenvalue weighted by atomic mass is 10.2. The third-order valence-electron chi connectivity index (χ3n) is 3.97. The van der Waals surface area contributed by atoms with Crippen molar-refractivity contribution in [1.82, 2.24) is 19.3 Å². The Kier molecular flexibility index (Phi) is 3.48. The molecule has 1 aliphatic rings. The molecule has 0 spiro atoms. The van der Waals surface area contributed by atoms with Crippen LogP contribution in [0.25, 0.3) is 10.2 Å². The van der Waals surface area contributed by atoms with Gasteiger partial charge in [0, 0.05) is 4.88 Å². The number of carbonyl (C=O) groups excluding carboxylic acids is 1. The second-order valence-electron chi connectivity index (χ2n) is 5.57. The Bertz CT molecular complexity index is 1180. The van der Waals surface area contributed by atoms with Crippen molar-refractivity contribution in [3.8, 4) is 0 Å². The van der Waals surface area contributed by atoms with Crippen LogP contribution in [0.4, 0.5) is 0 Å². The zero-order chi connectivity index (χ0) is 17.8. The van der Waals surface area contributed by atoms with Gasteiger partial charge in [0.25, 0.3) is 21.5 Å². The predicted molar refractivity (Wildman–Crippen MR) is 91.1 cm³/mol. The molecule has 128 valence electrons. The van der Waals surface area contributed by atoms with Crippen LogP contribution in [0.2, 0.25) is 0 Å². The van der Waals surface area contributed by atoms with Gasteiger partial charge in [0.15, 0.2) is 4.83 Å². The summed E-state index contributed by atoms with van der Waals surface area (Å²) in [6, 6.07) is 7.77. The van der Waals surface area contributed by atoms with Crippen molar-refractivity contribution in [2.45, 2.75) is 18.4 Å². The number of amides is 1. The molecule has 0 atom stereocenters. The van der Waals surface area contributed by atoms with E-state index in [-0.39, 0.29) is 29.1 Å². The third-order valence-corrected chi connectivity index (χ3v) is 6.75. The summed E-state index contributed by atoms with van der Waals surface area (Å²) in [4.78, 5) is 26.2. The van der Waals surface area contributed by atoms with Crippen molar-refractivity contribution in [2.24, 2.45) is 0 Å². The molecular weight excluding hydrogens is 364 g/mol. The molecule has 0 fully saturated rings. The highest BCUT2D eigenvalue weighted by atomic mass is 32.2. The maximum absolute atomic E-state index is 12.5. The van der Waals surface area contributed by atoms with Crippen LogP contribution in [0, 0.1) is 6.92 Å². The van der Waals surface area contributed by atoms with Crippen LogP contribution >= 0.6 is 11.3 Å². The molecule has 1 aliphatic heterocycles. The van der Waals surface area contributed by atoms with Gasteiger partial charge in [-0.2, -0.15) is 0 Å². The molecule has 0 saturated carbocycles. The number of thiophene rings is 1. The van der Waals surface area contributed by atoms with Gasteiger partial charge in [-0.1, -0.05) is 17.3 Å². The predicted octanol–water partition coefficient (Wildman–Crippen LogP) is 1.01. The zero-order valence-corrected chi connectivity index (χ0v) is 14.7. The van der Waals surface area contributed by atoms with Gasteiger partial charge in [0.05, 0.1) is 24.0 Å². The first-order valence-electron chi connectivity index (χ1n) is 7.39. The summed E-state index contributed by atoms with van der Waals surface area (Å²) < 4.78 is 26.9. The Balaban J connectivity index is 1.66. The molecule has 1 amide bonds. The number of fused-ring (bicyclic) bond motifs is 2. The molecule has 3 heterocycles. The highest BCUT2D eigenvalue weighted by Gasteiger charge is 2.40. The molecule has 0 radical (unpaired) electrons. The first-order chi connectivity index (χ1) is 11.9. The summed E-state index contributed by atoms with van der Waals surface area (Å²) in [7, 11) is -3.89. The molecule has 0 unspecified atom stereocenters. The number of sulfonamides is 1. The number of hydrogen-bond donors (Lipinski definition) is 0. The van der Waals surface area contributed by atoms with Gasteiger partial charge >= 0.3 is 0 Å². The first-order valence-corrected chi connectivity index (χ1v) is 9.65. The number of aromatic nitrogens is 3. The summed E-state index contributed by atoms with van der Waals surface area (Å²) in [6.07, 6.45) is 0. The second-order valence-corrected chi connectivity index (χ2v) is 8.64. The minimum Gasteiger partial charge on any atom is -0.268 e. The van der Waals surface area contributed by atoms with Gasteiger partial charge < -0.3 is 0 Å². The van der Waals surface area contributed by atoms with Crippen LogP contribution in [-0.2, 0) is 16.6 Å². The molecule has 0 saturated heterocycles. The topological polar surface area (TPSA) is 102 Å². The fourth-order valence-electron chi connectivity index (χ4n) is 2.79. The van der Waals surface area contributed by atoms with E-state index in [2.05, 4.69) is 10.3 Å². The molecule has 25 heavy (non-hydrogen) atoms. The maximum atomic E-state index is 12.5. The van der Waals surface area contributed by atoms with E-state index >= 15 is 0 Å². The number of aryl methyl sites for hydroxylation is 1. The van der Waals surface area contributed by atoms with Crippen LogP contribution < -0.4 is 5.56 Å². The average molecular weight is 376 g/mol. The molecule has 0 aliphatic carbocycles. The number of rotatable bonds is 3. The Morgan fingerprint density at radius 1 is 1.16 bits per heavy atom. The summed E-state index contributed by atoms with van der Waals surface area (Å²) >= 11 is 1.36. The van der Waals surface area contributed by atoms with E-state index in [9.17, 15) is 18.0 Å². The minimum atomic E-state index is -3.89. The van der Waals surface area contributed by atoms with Crippen LogP contribution in [0.3, 0.4) is 0 Å². The Hall–Kier alpha value is -2.59. The van der Waals surface area contributed by atoms with Crippen LogP contribution in [-0.4, -0.2) is 40.2 Å². The SMILES string of the molecule is Cc1cc2c(=O)n(CCN3C(=O)c4ccccc4S3(=O)=O)nnc2s1. The normalized spacial score (nSPS) is 15.7. The van der Waals surface area contributed by atoms with E-state index in [0.29, 0.717) is 10.2 Å². The van der Waals surface area contributed by atoms with Gasteiger partial charge in [-0.15, -0.1) is 16.4 Å². The van der Waals surface area contributed by atoms with Crippen molar-refractivity contribution < 1.29 is 13.2 Å². The van der Waals surface area contributed by atoms with Crippen molar-refractivity contribution in [2.75, 3.05) is 6.54 Å². The quantitative estimate of drug-likeness (QED) is 0.676. The molecule has 8 nitrogen and oxygen atoms in total. The van der Waals surface area contributed by atoms with E-state index in [1.807, 2.05) is 6.92 Å². The van der Waals surface area contributed by atoms with Crippen molar-refractivity contribution in [3.63, 3.8) is 0 Å². The first kappa shape index (κ1) is 15.9. The summed E-state index contributed by atoms with van der Waals surface area (Å²) in [6.45, 7) is 1.62. The molecule has 3 aromatic rings. The van der Waals surface area contributed by atoms with Crippen molar-refractivity contribution in [1.29, 1.82) is 0 Å². The number of benzene rings is 1. The van der Waals surface area contributed by atoms with Crippen LogP contribution in [0.5, 0.6) is 0 Å². The lowest BCUT2D eigenvalue weighted by Gasteiger charge is -2.14. The Morgan fingerprint density at radius 2 is 1.92 bits per heavy atom. The monoisotopic (exact) mass is 376 g/mol. The number of hydrogen-bond acceptors (Lipinski definition) is 7. The standard InChI is InChI=1S/C15H12N4O4S2/c1-9-8-11-13(24-9)16-17-18(14(11)20)6-7-19-15(21)10-4-2-3-5-12(10)25(19,22)23/h2-5,8H,6-7H2,1H3. The van der Waals surface area contributed by atoms with E-state index in [1.165, 1.54) is 23.5 Å². The van der Waals surface area contributed by atoms with Crippen molar-refractivity contribution in [3.05, 3.63) is 51.1 Å².